The van der Waals surface area contributed by atoms with Crippen LogP contribution in [-0.4, -0.2) is 55.6 Å². The van der Waals surface area contributed by atoms with Crippen molar-refractivity contribution in [1.82, 2.24) is 20.4 Å². The third kappa shape index (κ3) is 6.88. The van der Waals surface area contributed by atoms with Crippen LogP contribution in [0.1, 0.15) is 23.4 Å². The number of aromatic nitrogens is 2. The first-order valence-corrected chi connectivity index (χ1v) is 10.0. The van der Waals surface area contributed by atoms with E-state index < -0.39 is 0 Å². The summed E-state index contributed by atoms with van der Waals surface area (Å²) in [5.41, 5.74) is 4.83. The quantitative estimate of drug-likeness (QED) is 0.259. The maximum Gasteiger partial charge on any atom is 0.191 e. The lowest BCUT2D eigenvalue weighted by Crippen LogP contribution is -2.39. The summed E-state index contributed by atoms with van der Waals surface area (Å²) < 4.78 is 7.54. The third-order valence-electron chi connectivity index (χ3n) is 4.96. The van der Waals surface area contributed by atoms with Gasteiger partial charge < -0.3 is 20.3 Å². The van der Waals surface area contributed by atoms with Crippen LogP contribution in [0.2, 0.25) is 0 Å². The van der Waals surface area contributed by atoms with Crippen LogP contribution in [-0.2, 0) is 17.8 Å². The van der Waals surface area contributed by atoms with Crippen LogP contribution < -0.4 is 15.5 Å². The molecule has 1 saturated heterocycles. The zero-order valence-corrected chi connectivity index (χ0v) is 20.0. The molecule has 0 bridgehead atoms. The summed E-state index contributed by atoms with van der Waals surface area (Å²) in [4.78, 5) is 6.74. The molecule has 0 aliphatic carbocycles. The van der Waals surface area contributed by atoms with Gasteiger partial charge in [-0.2, -0.15) is 5.10 Å². The van der Waals surface area contributed by atoms with E-state index in [9.17, 15) is 0 Å². The lowest BCUT2D eigenvalue weighted by atomic mass is 10.1. The molecular formula is C21H33IN6O. The molecule has 0 amide bonds. The number of benzene rings is 1. The molecule has 0 saturated carbocycles. The van der Waals surface area contributed by atoms with Gasteiger partial charge in [-0.05, 0) is 38.0 Å². The Labute approximate surface area is 190 Å². The molecule has 1 aliphatic rings. The van der Waals surface area contributed by atoms with Gasteiger partial charge in [0.2, 0.25) is 0 Å². The van der Waals surface area contributed by atoms with Gasteiger partial charge in [0.25, 0.3) is 0 Å². The van der Waals surface area contributed by atoms with Crippen LogP contribution in [0.3, 0.4) is 0 Å². The number of hydrogen-bond donors (Lipinski definition) is 2. The van der Waals surface area contributed by atoms with E-state index in [1.54, 1.807) is 0 Å². The molecule has 1 aromatic carbocycles. The fraction of sp³-hybridized carbons (Fsp3) is 0.524. The Morgan fingerprint density at radius 1 is 1.17 bits per heavy atom. The van der Waals surface area contributed by atoms with Gasteiger partial charge in [-0.1, -0.05) is 18.2 Å². The number of halogens is 1. The number of aryl methyl sites for hydroxylation is 3. The summed E-state index contributed by atoms with van der Waals surface area (Å²) in [6.07, 6.45) is 0.993. The Kier molecular flexibility index (Phi) is 9.72. The SMILES string of the molecule is CN=C(NCCCn1nc(C)cc1C)NCc1ccccc1N1CCOCC1.I. The Hall–Kier alpha value is -1.81. The van der Waals surface area contributed by atoms with Crippen molar-refractivity contribution in [2.24, 2.45) is 4.99 Å². The molecule has 2 heterocycles. The molecule has 2 N–H and O–H groups in total. The number of morpholine rings is 1. The van der Waals surface area contributed by atoms with Gasteiger partial charge in [0, 0.05) is 51.2 Å². The highest BCUT2D eigenvalue weighted by Crippen LogP contribution is 2.21. The Morgan fingerprint density at radius 2 is 1.93 bits per heavy atom. The minimum Gasteiger partial charge on any atom is -0.378 e. The third-order valence-corrected chi connectivity index (χ3v) is 4.96. The number of anilines is 1. The predicted octanol–water partition coefficient (Wildman–Crippen LogP) is 2.71. The summed E-state index contributed by atoms with van der Waals surface area (Å²) in [6, 6.07) is 10.7. The fourth-order valence-electron chi connectivity index (χ4n) is 3.51. The second-order valence-electron chi connectivity index (χ2n) is 7.08. The van der Waals surface area contributed by atoms with Crippen LogP contribution >= 0.6 is 24.0 Å². The topological polar surface area (TPSA) is 66.7 Å². The Balaban J connectivity index is 0.00000300. The molecule has 1 fully saturated rings. The van der Waals surface area contributed by atoms with E-state index in [4.69, 9.17) is 4.74 Å². The normalized spacial score (nSPS) is 14.4. The van der Waals surface area contributed by atoms with Crippen molar-refractivity contribution in [2.75, 3.05) is 44.8 Å². The molecule has 7 nitrogen and oxygen atoms in total. The molecule has 0 atom stereocenters. The number of guanidine groups is 1. The van der Waals surface area contributed by atoms with Gasteiger partial charge in [-0.3, -0.25) is 9.67 Å². The zero-order chi connectivity index (χ0) is 19.8. The average Bonchev–Trinajstić information content (AvgIpc) is 3.05. The van der Waals surface area contributed by atoms with Gasteiger partial charge in [0.15, 0.2) is 5.96 Å². The summed E-state index contributed by atoms with van der Waals surface area (Å²) in [5, 5.41) is 11.3. The van der Waals surface area contributed by atoms with E-state index >= 15 is 0 Å². The molecule has 1 aromatic heterocycles. The van der Waals surface area contributed by atoms with Crippen molar-refractivity contribution >= 4 is 35.6 Å². The molecule has 0 unspecified atom stereocenters. The van der Waals surface area contributed by atoms with Crippen LogP contribution in [0.5, 0.6) is 0 Å². The fourth-order valence-corrected chi connectivity index (χ4v) is 3.51. The van der Waals surface area contributed by atoms with Crippen LogP contribution in [0.4, 0.5) is 5.69 Å². The summed E-state index contributed by atoms with van der Waals surface area (Å²) >= 11 is 0. The van der Waals surface area contributed by atoms with E-state index in [2.05, 4.69) is 67.6 Å². The van der Waals surface area contributed by atoms with Crippen molar-refractivity contribution in [2.45, 2.75) is 33.4 Å². The highest BCUT2D eigenvalue weighted by Gasteiger charge is 2.14. The lowest BCUT2D eigenvalue weighted by molar-refractivity contribution is 0.122. The second-order valence-corrected chi connectivity index (χ2v) is 7.08. The number of aliphatic imine (C=N–C) groups is 1. The van der Waals surface area contributed by atoms with E-state index in [1.807, 2.05) is 14.0 Å². The first-order valence-electron chi connectivity index (χ1n) is 10.0. The maximum absolute atomic E-state index is 5.48. The number of hydrogen-bond acceptors (Lipinski definition) is 4. The highest BCUT2D eigenvalue weighted by atomic mass is 127. The molecule has 29 heavy (non-hydrogen) atoms. The highest BCUT2D eigenvalue weighted by molar-refractivity contribution is 14.0. The first kappa shape index (κ1) is 23.5. The van der Waals surface area contributed by atoms with Crippen LogP contribution in [0.25, 0.3) is 0 Å². The zero-order valence-electron chi connectivity index (χ0n) is 17.6. The molecule has 0 radical (unpaired) electrons. The summed E-state index contributed by atoms with van der Waals surface area (Å²) in [6.45, 7) is 10.1. The Morgan fingerprint density at radius 3 is 2.62 bits per heavy atom. The summed E-state index contributed by atoms with van der Waals surface area (Å²) in [5.74, 6) is 0.824. The number of rotatable bonds is 7. The lowest BCUT2D eigenvalue weighted by Gasteiger charge is -2.30. The molecular weight excluding hydrogens is 479 g/mol. The second kappa shape index (κ2) is 12.0. The smallest absolute Gasteiger partial charge is 0.191 e. The van der Waals surface area contributed by atoms with E-state index in [-0.39, 0.29) is 24.0 Å². The largest absolute Gasteiger partial charge is 0.378 e. The van der Waals surface area contributed by atoms with Crippen molar-refractivity contribution in [3.63, 3.8) is 0 Å². The van der Waals surface area contributed by atoms with Crippen LogP contribution in [0.15, 0.2) is 35.3 Å². The van der Waals surface area contributed by atoms with Gasteiger partial charge in [-0.25, -0.2) is 0 Å². The van der Waals surface area contributed by atoms with Gasteiger partial charge in [-0.15, -0.1) is 24.0 Å². The van der Waals surface area contributed by atoms with Crippen molar-refractivity contribution < 1.29 is 4.74 Å². The molecule has 160 valence electrons. The molecule has 8 heteroatoms. The molecule has 1 aliphatic heterocycles. The summed E-state index contributed by atoms with van der Waals surface area (Å²) in [7, 11) is 1.81. The first-order chi connectivity index (χ1) is 13.7. The van der Waals surface area contributed by atoms with Gasteiger partial charge in [0.1, 0.15) is 0 Å². The molecule has 3 rings (SSSR count). The van der Waals surface area contributed by atoms with Gasteiger partial charge >= 0.3 is 0 Å². The minimum atomic E-state index is 0. The van der Waals surface area contributed by atoms with Crippen molar-refractivity contribution in [3.8, 4) is 0 Å². The number of para-hydroxylation sites is 1. The number of nitrogens with zero attached hydrogens (tertiary/aromatic N) is 4. The standard InChI is InChI=1S/C21H32N6O.HI/c1-17-15-18(2)27(25-17)10-6-9-23-21(22-3)24-16-19-7-4-5-8-20(19)26-11-13-28-14-12-26;/h4-5,7-8,15H,6,9-14,16H2,1-3H3,(H2,22,23,24);1H. The average molecular weight is 512 g/mol. The molecule has 0 spiro atoms. The predicted molar refractivity (Wildman–Crippen MR) is 129 cm³/mol. The van der Waals surface area contributed by atoms with E-state index in [1.165, 1.54) is 16.9 Å². The van der Waals surface area contributed by atoms with E-state index in [0.29, 0.717) is 0 Å². The number of nitrogens with one attached hydrogen (secondary N) is 2. The minimum absolute atomic E-state index is 0. The van der Waals surface area contributed by atoms with Crippen LogP contribution in [0, 0.1) is 13.8 Å². The number of ether oxygens (including phenoxy) is 1. The monoisotopic (exact) mass is 512 g/mol. The van der Waals surface area contributed by atoms with Gasteiger partial charge in [0.05, 0.1) is 18.9 Å². The van der Waals surface area contributed by atoms with Crippen molar-refractivity contribution in [3.05, 3.63) is 47.3 Å². The maximum atomic E-state index is 5.48. The molecule has 2 aromatic rings. The Bertz CT molecular complexity index is 785. The van der Waals surface area contributed by atoms with Crippen molar-refractivity contribution in [1.29, 1.82) is 0 Å². The van der Waals surface area contributed by atoms with E-state index in [0.717, 1.165) is 64.0 Å².